The maximum atomic E-state index is 5.51. The van der Waals surface area contributed by atoms with Crippen molar-refractivity contribution in [2.24, 2.45) is 0 Å². The third-order valence-electron chi connectivity index (χ3n) is 2.49. The van der Waals surface area contributed by atoms with E-state index in [0.29, 0.717) is 12.4 Å². The average Bonchev–Trinajstić information content (AvgIpc) is 2.05. The zero-order valence-corrected chi connectivity index (χ0v) is 8.17. The molecule has 68 valence electrons. The van der Waals surface area contributed by atoms with Crippen LogP contribution < -0.4 is 0 Å². The molecular formula is C9H17BO2. The molecule has 0 aromatic carbocycles. The van der Waals surface area contributed by atoms with Crippen molar-refractivity contribution in [1.29, 1.82) is 0 Å². The Morgan fingerprint density at radius 1 is 1.58 bits per heavy atom. The first-order valence-electron chi connectivity index (χ1n) is 4.43. The van der Waals surface area contributed by atoms with Gasteiger partial charge in [-0.05, 0) is 18.7 Å². The molecule has 2 nitrogen and oxygen atoms in total. The summed E-state index contributed by atoms with van der Waals surface area (Å²) in [5.74, 6) is 0.605. The second kappa shape index (κ2) is 4.10. The van der Waals surface area contributed by atoms with Gasteiger partial charge in [0.2, 0.25) is 0 Å². The van der Waals surface area contributed by atoms with E-state index in [1.165, 1.54) is 0 Å². The predicted octanol–water partition coefficient (Wildman–Crippen LogP) is 0.790. The number of allylic oxidation sites excluding steroid dienone is 1. The van der Waals surface area contributed by atoms with Crippen molar-refractivity contribution >= 4 is 7.85 Å². The van der Waals surface area contributed by atoms with E-state index in [2.05, 4.69) is 20.0 Å². The molecule has 0 N–H and O–H groups in total. The summed E-state index contributed by atoms with van der Waals surface area (Å²) in [6.07, 6.45) is 6.47. The van der Waals surface area contributed by atoms with Gasteiger partial charge in [0.05, 0.1) is 12.2 Å². The predicted molar refractivity (Wildman–Crippen MR) is 52.3 cm³/mol. The molecule has 1 aliphatic rings. The fourth-order valence-electron chi connectivity index (χ4n) is 1.86. The third-order valence-corrected chi connectivity index (χ3v) is 2.49. The summed E-state index contributed by atoms with van der Waals surface area (Å²) in [7, 11) is 5.70. The Bertz CT molecular complexity index is 170. The molecular weight excluding hydrogens is 151 g/mol. The molecule has 2 atom stereocenters. The Morgan fingerprint density at radius 2 is 2.33 bits per heavy atom. The minimum Gasteiger partial charge on any atom is -0.382 e. The smallest absolute Gasteiger partial charge is 0.110 e. The lowest BCUT2D eigenvalue weighted by molar-refractivity contribution is -0.0688. The molecule has 0 radical (unpaired) electrons. The van der Waals surface area contributed by atoms with Crippen molar-refractivity contribution in [3.8, 4) is 0 Å². The first-order valence-corrected chi connectivity index (χ1v) is 4.43. The van der Waals surface area contributed by atoms with Crippen molar-refractivity contribution in [3.63, 3.8) is 0 Å². The zero-order valence-electron chi connectivity index (χ0n) is 8.17. The van der Waals surface area contributed by atoms with Crippen molar-refractivity contribution in [2.75, 3.05) is 20.8 Å². The van der Waals surface area contributed by atoms with Crippen LogP contribution in [0.5, 0.6) is 0 Å². The summed E-state index contributed by atoms with van der Waals surface area (Å²) in [5, 5.41) is 0. The Balaban J connectivity index is 2.61. The first-order chi connectivity index (χ1) is 5.72. The van der Waals surface area contributed by atoms with Gasteiger partial charge in [-0.15, -0.1) is 0 Å². The molecule has 0 heterocycles. The summed E-state index contributed by atoms with van der Waals surface area (Å²) in [6, 6.07) is 0. The number of ether oxygens (including phenoxy) is 2. The van der Waals surface area contributed by atoms with E-state index in [0.717, 1.165) is 12.8 Å². The molecule has 0 fully saturated rings. The molecule has 0 spiro atoms. The summed E-state index contributed by atoms with van der Waals surface area (Å²) >= 11 is 0. The van der Waals surface area contributed by atoms with E-state index >= 15 is 0 Å². The molecule has 0 aromatic heterocycles. The lowest BCUT2D eigenvalue weighted by Gasteiger charge is -2.35. The fraction of sp³-hybridized carbons (Fsp3) is 0.778. The van der Waals surface area contributed by atoms with E-state index in [4.69, 9.17) is 9.47 Å². The maximum absolute atomic E-state index is 5.51. The standard InChI is InChI=1S/C9H17BO2/c1-11-7-9(12-2)5-3-4-8(10)6-9/h3-4,8H,5-7,10H2,1-2H3/t8-,9?/m0/s1. The fourth-order valence-corrected chi connectivity index (χ4v) is 1.86. The Kier molecular flexibility index (Phi) is 3.35. The number of hydrogen-bond acceptors (Lipinski definition) is 2. The highest BCUT2D eigenvalue weighted by atomic mass is 16.5. The van der Waals surface area contributed by atoms with E-state index in [1.807, 2.05) is 0 Å². The van der Waals surface area contributed by atoms with Crippen LogP contribution >= 0.6 is 0 Å². The summed E-state index contributed by atoms with van der Waals surface area (Å²) in [6.45, 7) is 0.693. The van der Waals surface area contributed by atoms with Crippen LogP contribution in [0.3, 0.4) is 0 Å². The van der Waals surface area contributed by atoms with Crippen LogP contribution in [0.1, 0.15) is 12.8 Å². The van der Waals surface area contributed by atoms with Crippen molar-refractivity contribution in [1.82, 2.24) is 0 Å². The average molecular weight is 168 g/mol. The van der Waals surface area contributed by atoms with E-state index in [-0.39, 0.29) is 5.60 Å². The zero-order chi connectivity index (χ0) is 9.03. The van der Waals surface area contributed by atoms with Crippen LogP contribution in [0.2, 0.25) is 5.82 Å². The van der Waals surface area contributed by atoms with Gasteiger partial charge in [0.25, 0.3) is 0 Å². The monoisotopic (exact) mass is 168 g/mol. The summed E-state index contributed by atoms with van der Waals surface area (Å²) in [5.41, 5.74) is -0.0666. The minimum absolute atomic E-state index is 0.0666. The van der Waals surface area contributed by atoms with E-state index < -0.39 is 0 Å². The molecule has 1 aliphatic carbocycles. The van der Waals surface area contributed by atoms with Gasteiger partial charge < -0.3 is 9.47 Å². The molecule has 1 rings (SSSR count). The summed E-state index contributed by atoms with van der Waals surface area (Å²) in [4.78, 5) is 0. The maximum Gasteiger partial charge on any atom is 0.110 e. The van der Waals surface area contributed by atoms with Crippen LogP contribution in [-0.2, 0) is 9.47 Å². The van der Waals surface area contributed by atoms with Crippen molar-refractivity contribution < 1.29 is 9.47 Å². The van der Waals surface area contributed by atoms with E-state index in [1.54, 1.807) is 14.2 Å². The lowest BCUT2D eigenvalue weighted by Crippen LogP contribution is -2.38. The highest BCUT2D eigenvalue weighted by molar-refractivity contribution is 6.13. The third kappa shape index (κ3) is 2.11. The van der Waals surface area contributed by atoms with E-state index in [9.17, 15) is 0 Å². The topological polar surface area (TPSA) is 18.5 Å². The van der Waals surface area contributed by atoms with Crippen LogP contribution in [-0.4, -0.2) is 34.3 Å². The van der Waals surface area contributed by atoms with Crippen LogP contribution in [0, 0.1) is 0 Å². The van der Waals surface area contributed by atoms with Crippen LogP contribution in [0.15, 0.2) is 12.2 Å². The highest BCUT2D eigenvalue weighted by Gasteiger charge is 2.32. The molecule has 1 unspecified atom stereocenters. The van der Waals surface area contributed by atoms with Gasteiger partial charge in [0.1, 0.15) is 7.85 Å². The van der Waals surface area contributed by atoms with Gasteiger partial charge in [0.15, 0.2) is 0 Å². The van der Waals surface area contributed by atoms with Crippen LogP contribution in [0.4, 0.5) is 0 Å². The van der Waals surface area contributed by atoms with Gasteiger partial charge in [-0.3, -0.25) is 0 Å². The summed E-state index contributed by atoms with van der Waals surface area (Å²) < 4.78 is 10.7. The second-order valence-corrected chi connectivity index (χ2v) is 3.63. The van der Waals surface area contributed by atoms with Gasteiger partial charge in [0, 0.05) is 14.2 Å². The van der Waals surface area contributed by atoms with Gasteiger partial charge >= 0.3 is 0 Å². The number of rotatable bonds is 3. The SMILES string of the molecule is B[C@H]1C=CCC(COC)(OC)C1. The molecule has 0 aromatic rings. The van der Waals surface area contributed by atoms with Crippen molar-refractivity contribution in [3.05, 3.63) is 12.2 Å². The Hall–Kier alpha value is -0.275. The molecule has 12 heavy (non-hydrogen) atoms. The first kappa shape index (κ1) is 9.81. The minimum atomic E-state index is -0.0666. The number of hydrogen-bond donors (Lipinski definition) is 0. The Labute approximate surface area is 75.3 Å². The number of methoxy groups -OCH3 is 2. The highest BCUT2D eigenvalue weighted by Crippen LogP contribution is 2.32. The van der Waals surface area contributed by atoms with Crippen molar-refractivity contribution in [2.45, 2.75) is 24.3 Å². The molecule has 3 heteroatoms. The van der Waals surface area contributed by atoms with Crippen LogP contribution in [0.25, 0.3) is 0 Å². The Morgan fingerprint density at radius 3 is 2.83 bits per heavy atom. The molecule has 0 amide bonds. The molecule has 0 aliphatic heterocycles. The quantitative estimate of drug-likeness (QED) is 0.458. The van der Waals surface area contributed by atoms with Gasteiger partial charge in [-0.2, -0.15) is 0 Å². The normalized spacial score (nSPS) is 35.3. The van der Waals surface area contributed by atoms with Gasteiger partial charge in [-0.1, -0.05) is 12.2 Å². The second-order valence-electron chi connectivity index (χ2n) is 3.63. The lowest BCUT2D eigenvalue weighted by atomic mass is 9.73. The molecule has 0 saturated heterocycles. The largest absolute Gasteiger partial charge is 0.382 e. The van der Waals surface area contributed by atoms with Gasteiger partial charge in [-0.25, -0.2) is 0 Å². The molecule has 0 saturated carbocycles. The molecule has 0 bridgehead atoms.